The smallest absolute Gasteiger partial charge is 0.285 e. The van der Waals surface area contributed by atoms with Crippen LogP contribution in [0.1, 0.15) is 20.3 Å². The Morgan fingerprint density at radius 2 is 2.11 bits per heavy atom. The molecule has 1 rings (SSSR count). The topological polar surface area (TPSA) is 74.4 Å². The fourth-order valence-corrected chi connectivity index (χ4v) is 1.39. The molecule has 0 N–H and O–H groups in total. The molecule has 0 aliphatic carbocycles. The molecule has 0 saturated carbocycles. The van der Waals surface area contributed by atoms with Gasteiger partial charge in [0.1, 0.15) is 0 Å². The van der Waals surface area contributed by atoms with Crippen LogP contribution in [0, 0.1) is 16.0 Å². The third-order valence-corrected chi connectivity index (χ3v) is 2.49. The monoisotopic (exact) mass is 254 g/mol. The Balaban J connectivity index is 2.49. The van der Waals surface area contributed by atoms with Crippen molar-refractivity contribution in [1.29, 1.82) is 0 Å². The summed E-state index contributed by atoms with van der Waals surface area (Å²) in [4.78, 5) is 21.5. The highest BCUT2D eigenvalue weighted by molar-refractivity contribution is 5.24. The zero-order valence-electron chi connectivity index (χ0n) is 10.7. The second kappa shape index (κ2) is 6.90. The first kappa shape index (κ1) is 14.4. The highest BCUT2D eigenvalue weighted by Crippen LogP contribution is 2.06. The lowest BCUT2D eigenvalue weighted by atomic mass is 10.1. The predicted molar refractivity (Wildman–Crippen MR) is 67.6 cm³/mol. The van der Waals surface area contributed by atoms with E-state index in [0.29, 0.717) is 25.7 Å². The maximum atomic E-state index is 11.5. The van der Waals surface area contributed by atoms with Gasteiger partial charge in [0.15, 0.2) is 0 Å². The largest absolute Gasteiger partial charge is 0.380 e. The van der Waals surface area contributed by atoms with Gasteiger partial charge in [-0.05, 0) is 12.3 Å². The van der Waals surface area contributed by atoms with Crippen molar-refractivity contribution in [3.05, 3.63) is 38.8 Å². The Bertz CT molecular complexity index is 454. The summed E-state index contributed by atoms with van der Waals surface area (Å²) in [6.07, 6.45) is 2.21. The minimum absolute atomic E-state index is 0.0863. The van der Waals surface area contributed by atoms with Crippen molar-refractivity contribution >= 4 is 5.69 Å². The van der Waals surface area contributed by atoms with Crippen molar-refractivity contribution in [1.82, 2.24) is 4.57 Å². The maximum Gasteiger partial charge on any atom is 0.285 e. The maximum absolute atomic E-state index is 11.5. The third kappa shape index (κ3) is 4.67. The summed E-state index contributed by atoms with van der Waals surface area (Å²) >= 11 is 0. The van der Waals surface area contributed by atoms with Gasteiger partial charge in [-0.3, -0.25) is 14.9 Å². The van der Waals surface area contributed by atoms with Crippen molar-refractivity contribution in [3.8, 4) is 0 Å². The van der Waals surface area contributed by atoms with Crippen molar-refractivity contribution in [2.45, 2.75) is 26.8 Å². The third-order valence-electron chi connectivity index (χ3n) is 2.49. The van der Waals surface area contributed by atoms with Gasteiger partial charge in [0.25, 0.3) is 11.2 Å². The summed E-state index contributed by atoms with van der Waals surface area (Å²) in [5.74, 6) is 0.575. The minimum Gasteiger partial charge on any atom is -0.380 e. The van der Waals surface area contributed by atoms with Gasteiger partial charge in [0, 0.05) is 25.3 Å². The van der Waals surface area contributed by atoms with Crippen LogP contribution in [0.25, 0.3) is 0 Å². The molecule has 1 heterocycles. The average molecular weight is 254 g/mol. The van der Waals surface area contributed by atoms with Crippen molar-refractivity contribution in [2.24, 2.45) is 5.92 Å². The van der Waals surface area contributed by atoms with Crippen LogP contribution in [0.15, 0.2) is 23.1 Å². The van der Waals surface area contributed by atoms with Gasteiger partial charge in [-0.2, -0.15) is 0 Å². The zero-order valence-corrected chi connectivity index (χ0v) is 10.7. The van der Waals surface area contributed by atoms with Gasteiger partial charge in [-0.25, -0.2) is 0 Å². The summed E-state index contributed by atoms with van der Waals surface area (Å²) < 4.78 is 6.67. The molecule has 1 aromatic rings. The van der Waals surface area contributed by atoms with Crippen LogP contribution in [0.2, 0.25) is 0 Å². The van der Waals surface area contributed by atoms with E-state index in [1.165, 1.54) is 22.9 Å². The van der Waals surface area contributed by atoms with Crippen molar-refractivity contribution in [2.75, 3.05) is 13.2 Å². The molecular weight excluding hydrogens is 236 g/mol. The van der Waals surface area contributed by atoms with Crippen LogP contribution in [0.4, 0.5) is 5.69 Å². The lowest BCUT2D eigenvalue weighted by Gasteiger charge is -2.07. The van der Waals surface area contributed by atoms with Gasteiger partial charge in [0.05, 0.1) is 17.7 Å². The van der Waals surface area contributed by atoms with E-state index in [-0.39, 0.29) is 11.2 Å². The molecule has 0 spiro atoms. The fraction of sp³-hybridized carbons (Fsp3) is 0.583. The van der Waals surface area contributed by atoms with Crippen molar-refractivity contribution in [3.63, 3.8) is 0 Å². The van der Waals surface area contributed by atoms with Crippen molar-refractivity contribution < 1.29 is 9.66 Å². The number of nitro groups is 1. The molecule has 6 nitrogen and oxygen atoms in total. The lowest BCUT2D eigenvalue weighted by Crippen LogP contribution is -2.21. The SMILES string of the molecule is CC(C)CCOCCn1cc([N+](=O)[O-])ccc1=O. The second-order valence-corrected chi connectivity index (χ2v) is 4.47. The molecule has 0 saturated heterocycles. The number of hydrogen-bond acceptors (Lipinski definition) is 4. The lowest BCUT2D eigenvalue weighted by molar-refractivity contribution is -0.385. The number of nitrogens with zero attached hydrogens (tertiary/aromatic N) is 2. The number of pyridine rings is 1. The Kier molecular flexibility index (Phi) is 5.51. The number of hydrogen-bond donors (Lipinski definition) is 0. The van der Waals surface area contributed by atoms with Gasteiger partial charge in [-0.1, -0.05) is 13.8 Å². The van der Waals surface area contributed by atoms with Gasteiger partial charge < -0.3 is 9.30 Å². The van der Waals surface area contributed by atoms with Gasteiger partial charge in [-0.15, -0.1) is 0 Å². The van der Waals surface area contributed by atoms with Crippen LogP contribution < -0.4 is 5.56 Å². The molecule has 0 fully saturated rings. The van der Waals surface area contributed by atoms with Crippen LogP contribution in [-0.4, -0.2) is 22.7 Å². The molecular formula is C12H18N2O4. The normalized spacial score (nSPS) is 10.8. The van der Waals surface area contributed by atoms with E-state index in [4.69, 9.17) is 4.74 Å². The zero-order chi connectivity index (χ0) is 13.5. The molecule has 0 aliphatic rings. The molecule has 0 aliphatic heterocycles. The Morgan fingerprint density at radius 1 is 1.39 bits per heavy atom. The van der Waals surface area contributed by atoms with Gasteiger partial charge >= 0.3 is 0 Å². The molecule has 0 unspecified atom stereocenters. The molecule has 0 amide bonds. The molecule has 6 heteroatoms. The fourth-order valence-electron chi connectivity index (χ4n) is 1.39. The predicted octanol–water partition coefficient (Wildman–Crippen LogP) is 1.82. The van der Waals surface area contributed by atoms with E-state index < -0.39 is 4.92 Å². The molecule has 0 atom stereocenters. The second-order valence-electron chi connectivity index (χ2n) is 4.47. The van der Waals surface area contributed by atoms with Crippen LogP contribution in [0.5, 0.6) is 0 Å². The highest BCUT2D eigenvalue weighted by Gasteiger charge is 2.07. The van der Waals surface area contributed by atoms with Crippen LogP contribution in [0.3, 0.4) is 0 Å². The van der Waals surface area contributed by atoms with Crippen LogP contribution >= 0.6 is 0 Å². The van der Waals surface area contributed by atoms with E-state index >= 15 is 0 Å². The highest BCUT2D eigenvalue weighted by atomic mass is 16.6. The van der Waals surface area contributed by atoms with E-state index in [2.05, 4.69) is 13.8 Å². The standard InChI is InChI=1S/C12H18N2O4/c1-10(2)5-7-18-8-6-13-9-11(14(16)17)3-4-12(13)15/h3-4,9-10H,5-8H2,1-2H3. The number of aromatic nitrogens is 1. The van der Waals surface area contributed by atoms with Crippen LogP contribution in [-0.2, 0) is 11.3 Å². The Morgan fingerprint density at radius 3 is 2.72 bits per heavy atom. The van der Waals surface area contributed by atoms with Gasteiger partial charge in [0.2, 0.25) is 0 Å². The molecule has 0 aromatic carbocycles. The minimum atomic E-state index is -0.518. The summed E-state index contributed by atoms with van der Waals surface area (Å²) in [6.45, 7) is 5.57. The molecule has 1 aromatic heterocycles. The Labute approximate surface area is 105 Å². The van der Waals surface area contributed by atoms with E-state index in [1.54, 1.807) is 0 Å². The van der Waals surface area contributed by atoms with E-state index in [1.807, 2.05) is 0 Å². The number of ether oxygens (including phenoxy) is 1. The quantitative estimate of drug-likeness (QED) is 0.422. The molecule has 0 radical (unpaired) electrons. The number of rotatable bonds is 7. The first-order valence-electron chi connectivity index (χ1n) is 5.93. The van der Waals surface area contributed by atoms with E-state index in [0.717, 1.165) is 6.42 Å². The molecule has 18 heavy (non-hydrogen) atoms. The summed E-state index contributed by atoms with van der Waals surface area (Å²) in [6, 6.07) is 2.41. The molecule has 100 valence electrons. The average Bonchev–Trinajstić information content (AvgIpc) is 2.30. The molecule has 0 bridgehead atoms. The first-order chi connectivity index (χ1) is 8.50. The summed E-state index contributed by atoms with van der Waals surface area (Å²) in [5, 5.41) is 10.6. The Hall–Kier alpha value is -1.69. The summed E-state index contributed by atoms with van der Waals surface area (Å²) in [7, 11) is 0. The van der Waals surface area contributed by atoms with E-state index in [9.17, 15) is 14.9 Å². The summed E-state index contributed by atoms with van der Waals surface area (Å²) in [5.41, 5.74) is -0.343. The first-order valence-corrected chi connectivity index (χ1v) is 5.93.